The summed E-state index contributed by atoms with van der Waals surface area (Å²) in [5.74, 6) is -1.62. The van der Waals surface area contributed by atoms with Gasteiger partial charge < -0.3 is 10.2 Å². The summed E-state index contributed by atoms with van der Waals surface area (Å²) in [5, 5.41) is 3.38. The molecule has 3 aromatic rings. The van der Waals surface area contributed by atoms with Gasteiger partial charge in [-0.15, -0.1) is 0 Å². The molecule has 1 fully saturated rings. The third-order valence-electron chi connectivity index (χ3n) is 7.44. The van der Waals surface area contributed by atoms with Crippen molar-refractivity contribution in [2.75, 3.05) is 10.8 Å². The van der Waals surface area contributed by atoms with E-state index in [2.05, 4.69) is 5.32 Å². The third kappa shape index (κ3) is 7.82. The highest BCUT2D eigenvalue weighted by Crippen LogP contribution is 2.30. The Bertz CT molecular complexity index is 1510. The molecule has 0 aliphatic heterocycles. The maximum absolute atomic E-state index is 14.7. The van der Waals surface area contributed by atoms with E-state index in [1.54, 1.807) is 25.1 Å². The maximum Gasteiger partial charge on any atom is 0.264 e. The molecule has 1 aliphatic carbocycles. The van der Waals surface area contributed by atoms with Crippen molar-refractivity contribution in [1.29, 1.82) is 0 Å². The van der Waals surface area contributed by atoms with Gasteiger partial charge in [0.25, 0.3) is 10.0 Å². The average Bonchev–Trinajstić information content (AvgIpc) is 2.95. The Morgan fingerprint density at radius 1 is 0.976 bits per heavy atom. The molecule has 4 rings (SSSR count). The molecule has 224 valence electrons. The molecule has 0 bridgehead atoms. The van der Waals surface area contributed by atoms with Crippen LogP contribution in [0.25, 0.3) is 0 Å². The second kappa shape index (κ2) is 13.9. The Morgan fingerprint density at radius 3 is 2.21 bits per heavy atom. The number of hydrogen-bond donors (Lipinski definition) is 1. The number of hydrogen-bond acceptors (Lipinski definition) is 4. The monoisotopic (exact) mass is 633 g/mol. The maximum atomic E-state index is 14.7. The van der Waals surface area contributed by atoms with Crippen LogP contribution in [0, 0.1) is 12.7 Å². The molecule has 3 aromatic carbocycles. The molecule has 11 heteroatoms. The first kappa shape index (κ1) is 31.8. The first-order chi connectivity index (χ1) is 20.0. The van der Waals surface area contributed by atoms with Crippen molar-refractivity contribution in [1.82, 2.24) is 10.2 Å². The molecule has 1 aliphatic rings. The van der Waals surface area contributed by atoms with Crippen LogP contribution < -0.4 is 9.62 Å². The molecule has 0 aromatic heterocycles. The molecule has 2 amide bonds. The molecule has 0 unspecified atom stereocenters. The summed E-state index contributed by atoms with van der Waals surface area (Å²) in [6.07, 6.45) is 4.81. The van der Waals surface area contributed by atoms with Gasteiger partial charge in [-0.2, -0.15) is 0 Å². The molecule has 0 spiro atoms. The largest absolute Gasteiger partial charge is 0.352 e. The van der Waals surface area contributed by atoms with Crippen LogP contribution in [0.2, 0.25) is 10.0 Å². The zero-order valence-corrected chi connectivity index (χ0v) is 25.9. The predicted octanol–water partition coefficient (Wildman–Crippen LogP) is 6.50. The number of halogens is 3. The van der Waals surface area contributed by atoms with E-state index in [9.17, 15) is 22.4 Å². The number of amides is 2. The minimum absolute atomic E-state index is 0.00821. The highest BCUT2D eigenvalue weighted by atomic mass is 35.5. The van der Waals surface area contributed by atoms with E-state index in [1.165, 1.54) is 53.4 Å². The molecule has 0 heterocycles. The van der Waals surface area contributed by atoms with Gasteiger partial charge >= 0.3 is 0 Å². The minimum Gasteiger partial charge on any atom is -0.352 e. The Balaban J connectivity index is 1.71. The number of anilines is 1. The number of sulfonamides is 1. The second-order valence-corrected chi connectivity index (χ2v) is 13.3. The van der Waals surface area contributed by atoms with Crippen LogP contribution in [-0.2, 0) is 26.2 Å². The van der Waals surface area contributed by atoms with E-state index in [4.69, 9.17) is 23.2 Å². The van der Waals surface area contributed by atoms with Gasteiger partial charge in [0.05, 0.1) is 10.6 Å². The van der Waals surface area contributed by atoms with Crippen molar-refractivity contribution in [3.8, 4) is 0 Å². The molecular weight excluding hydrogens is 600 g/mol. The van der Waals surface area contributed by atoms with Crippen molar-refractivity contribution in [3.05, 3.63) is 93.7 Å². The van der Waals surface area contributed by atoms with Crippen LogP contribution >= 0.6 is 23.2 Å². The average molecular weight is 635 g/mol. The zero-order chi connectivity index (χ0) is 30.4. The van der Waals surface area contributed by atoms with Gasteiger partial charge in [-0.05, 0) is 63.1 Å². The summed E-state index contributed by atoms with van der Waals surface area (Å²) >= 11 is 12.4. The zero-order valence-electron chi connectivity index (χ0n) is 23.5. The van der Waals surface area contributed by atoms with E-state index in [0.717, 1.165) is 42.0 Å². The van der Waals surface area contributed by atoms with Gasteiger partial charge in [0.15, 0.2) is 0 Å². The lowest BCUT2D eigenvalue weighted by atomic mass is 9.95. The van der Waals surface area contributed by atoms with Crippen LogP contribution in [0.3, 0.4) is 0 Å². The smallest absolute Gasteiger partial charge is 0.264 e. The lowest BCUT2D eigenvalue weighted by Gasteiger charge is -2.33. The first-order valence-electron chi connectivity index (χ1n) is 13.8. The quantitative estimate of drug-likeness (QED) is 0.276. The molecule has 0 saturated heterocycles. The second-order valence-electron chi connectivity index (χ2n) is 10.6. The minimum atomic E-state index is -4.29. The van der Waals surface area contributed by atoms with Crippen molar-refractivity contribution in [3.63, 3.8) is 0 Å². The number of benzene rings is 3. The number of carbonyl (C=O) groups is 2. The summed E-state index contributed by atoms with van der Waals surface area (Å²) in [6, 6.07) is 15.4. The number of aryl methyl sites for hydroxylation is 1. The predicted molar refractivity (Wildman–Crippen MR) is 164 cm³/mol. The van der Waals surface area contributed by atoms with Crippen molar-refractivity contribution < 1.29 is 22.4 Å². The van der Waals surface area contributed by atoms with E-state index in [1.807, 2.05) is 6.92 Å². The standard InChI is InChI=1S/C31H34Cl2FN3O4S/c1-21-12-14-28(15-13-21)42(40,41)37(27-17-24(32)16-25(33)18-27)20-30(38)36(19-23-8-6-7-11-29(23)34)22(2)31(39)35-26-9-4-3-5-10-26/h6-8,11-18,22,26H,3-5,9-10,19-20H2,1-2H3,(H,35,39)/t22-/m0/s1. The van der Waals surface area contributed by atoms with Crippen LogP contribution in [0.4, 0.5) is 10.1 Å². The van der Waals surface area contributed by atoms with Crippen molar-refractivity contribution in [2.45, 2.75) is 69.5 Å². The first-order valence-corrected chi connectivity index (χ1v) is 16.0. The summed E-state index contributed by atoms with van der Waals surface area (Å²) in [6.45, 7) is 2.47. The van der Waals surface area contributed by atoms with Gasteiger partial charge in [-0.3, -0.25) is 13.9 Å². The highest BCUT2D eigenvalue weighted by Gasteiger charge is 2.34. The van der Waals surface area contributed by atoms with E-state index >= 15 is 0 Å². The lowest BCUT2D eigenvalue weighted by molar-refractivity contribution is -0.139. The molecule has 1 N–H and O–H groups in total. The van der Waals surface area contributed by atoms with Crippen LogP contribution in [0.1, 0.15) is 50.2 Å². The Morgan fingerprint density at radius 2 is 1.60 bits per heavy atom. The Kier molecular flexibility index (Phi) is 10.5. The topological polar surface area (TPSA) is 86.8 Å². The Hall–Kier alpha value is -3.14. The fraction of sp³-hybridized carbons (Fsp3) is 0.355. The van der Waals surface area contributed by atoms with Gasteiger partial charge in [-0.1, -0.05) is 78.4 Å². The Labute approximate surface area is 256 Å². The van der Waals surface area contributed by atoms with Crippen molar-refractivity contribution >= 4 is 50.7 Å². The molecule has 0 radical (unpaired) electrons. The molecule has 7 nitrogen and oxygen atoms in total. The number of nitrogens with zero attached hydrogens (tertiary/aromatic N) is 2. The van der Waals surface area contributed by atoms with Crippen LogP contribution in [-0.4, -0.2) is 43.8 Å². The summed E-state index contributed by atoms with van der Waals surface area (Å²) in [5.41, 5.74) is 1.13. The summed E-state index contributed by atoms with van der Waals surface area (Å²) in [7, 11) is -4.29. The highest BCUT2D eigenvalue weighted by molar-refractivity contribution is 7.92. The molecule has 1 atom stereocenters. The normalized spacial score (nSPS) is 14.7. The van der Waals surface area contributed by atoms with Crippen molar-refractivity contribution in [2.24, 2.45) is 0 Å². The fourth-order valence-electron chi connectivity index (χ4n) is 5.01. The van der Waals surface area contributed by atoms with Gasteiger partial charge in [0.1, 0.15) is 18.4 Å². The van der Waals surface area contributed by atoms with Crippen LogP contribution in [0.5, 0.6) is 0 Å². The summed E-state index contributed by atoms with van der Waals surface area (Å²) < 4.78 is 43.5. The fourth-order valence-corrected chi connectivity index (χ4v) is 6.92. The van der Waals surface area contributed by atoms with Gasteiger partial charge in [0, 0.05) is 28.2 Å². The lowest BCUT2D eigenvalue weighted by Crippen LogP contribution is -2.53. The molecule has 42 heavy (non-hydrogen) atoms. The molecule has 1 saturated carbocycles. The third-order valence-corrected chi connectivity index (χ3v) is 9.67. The SMILES string of the molecule is Cc1ccc(S(=O)(=O)N(CC(=O)N(Cc2ccccc2F)[C@@H](C)C(=O)NC2CCCCC2)c2cc(Cl)cc(Cl)c2)cc1. The molecular formula is C31H34Cl2FN3O4S. The van der Waals surface area contributed by atoms with Gasteiger partial charge in [-0.25, -0.2) is 12.8 Å². The number of rotatable bonds is 10. The van der Waals surface area contributed by atoms with Gasteiger partial charge in [0.2, 0.25) is 11.8 Å². The number of nitrogens with one attached hydrogen (secondary N) is 1. The van der Waals surface area contributed by atoms with E-state index in [0.29, 0.717) is 0 Å². The van der Waals surface area contributed by atoms with E-state index in [-0.39, 0.29) is 44.7 Å². The van der Waals surface area contributed by atoms with Crippen LogP contribution in [0.15, 0.2) is 71.6 Å². The summed E-state index contributed by atoms with van der Waals surface area (Å²) in [4.78, 5) is 28.6. The number of carbonyl (C=O) groups excluding carboxylic acids is 2. The van der Waals surface area contributed by atoms with E-state index < -0.39 is 34.3 Å².